The number of hydrogen-bond acceptors (Lipinski definition) is 5. The predicted octanol–water partition coefficient (Wildman–Crippen LogP) is 8.85. The zero-order valence-corrected chi connectivity index (χ0v) is 29.0. The topological polar surface area (TPSA) is 113 Å². The van der Waals surface area contributed by atoms with E-state index in [0.29, 0.717) is 56.4 Å². The number of alkyl halides is 4. The van der Waals surface area contributed by atoms with Crippen molar-refractivity contribution in [1.29, 1.82) is 0 Å². The van der Waals surface area contributed by atoms with Crippen LogP contribution in [0, 0.1) is 5.92 Å². The van der Waals surface area contributed by atoms with Crippen LogP contribution in [-0.2, 0) is 20.8 Å². The van der Waals surface area contributed by atoms with Crippen LogP contribution in [0.2, 0.25) is 0 Å². The Bertz CT molecular complexity index is 1100. The van der Waals surface area contributed by atoms with Gasteiger partial charge in [-0.05, 0) is 56.2 Å². The molecule has 0 aliphatic rings. The van der Waals surface area contributed by atoms with Gasteiger partial charge in [-0.1, -0.05) is 90.0 Å². The smallest absolute Gasteiger partial charge is 0.337 e. The maximum absolute atomic E-state index is 14.1. The number of nitrogens with one attached hydrogen (secondary N) is 1. The van der Waals surface area contributed by atoms with Gasteiger partial charge in [-0.2, -0.15) is 0 Å². The average molecular weight is 688 g/mol. The summed E-state index contributed by atoms with van der Waals surface area (Å²) in [5, 5.41) is 23.2. The number of carbonyl (C=O) groups is 3. The van der Waals surface area contributed by atoms with E-state index in [2.05, 4.69) is 12.2 Å². The van der Waals surface area contributed by atoms with E-state index in [1.165, 1.54) is 6.08 Å². The van der Waals surface area contributed by atoms with Crippen molar-refractivity contribution in [2.75, 3.05) is 6.61 Å². The summed E-state index contributed by atoms with van der Waals surface area (Å²) in [7, 11) is 0. The van der Waals surface area contributed by atoms with Crippen LogP contribution in [0.5, 0.6) is 5.75 Å². The highest BCUT2D eigenvalue weighted by Gasteiger charge is 2.49. The molecule has 0 saturated carbocycles. The summed E-state index contributed by atoms with van der Waals surface area (Å²) in [4.78, 5) is 38.3. The highest BCUT2D eigenvalue weighted by atomic mass is 19.3. The fourth-order valence-corrected chi connectivity index (χ4v) is 5.43. The predicted molar refractivity (Wildman–Crippen MR) is 180 cm³/mol. The maximum Gasteiger partial charge on any atom is 0.337 e. The third-order valence-corrected chi connectivity index (χ3v) is 8.45. The Morgan fingerprint density at radius 2 is 1.46 bits per heavy atom. The first-order valence-corrected chi connectivity index (χ1v) is 17.6. The summed E-state index contributed by atoms with van der Waals surface area (Å²) >= 11 is 0. The van der Waals surface area contributed by atoms with Gasteiger partial charge in [0.25, 0.3) is 0 Å². The minimum Gasteiger partial charge on any atom is -0.494 e. The highest BCUT2D eigenvalue weighted by Crippen LogP contribution is 2.30. The SMILES string of the molecule is CCCCCCCC(F)(F)CCCCCC/C=C/[C@H](C(=O)N[C@@H](Cc1ccc(OCCCC)cc1)C(=O)CC)[C@@](O)(CC(F)F)C(=O)O. The zero-order valence-electron chi connectivity index (χ0n) is 29.0. The van der Waals surface area contributed by atoms with E-state index in [1.807, 2.05) is 6.92 Å². The number of ether oxygens (including phenoxy) is 1. The fourth-order valence-electron chi connectivity index (χ4n) is 5.43. The third kappa shape index (κ3) is 16.9. The fraction of sp³-hybridized carbons (Fsp3) is 0.703. The molecule has 48 heavy (non-hydrogen) atoms. The number of aliphatic hydroxyl groups is 1. The lowest BCUT2D eigenvalue weighted by Crippen LogP contribution is -2.55. The molecule has 11 heteroatoms. The van der Waals surface area contributed by atoms with Crippen molar-refractivity contribution < 1.29 is 46.9 Å². The molecule has 1 amide bonds. The summed E-state index contributed by atoms with van der Waals surface area (Å²) in [5.74, 6) is -7.38. The van der Waals surface area contributed by atoms with Crippen LogP contribution in [0.1, 0.15) is 129 Å². The van der Waals surface area contributed by atoms with Gasteiger partial charge >= 0.3 is 5.97 Å². The summed E-state index contributed by atoms with van der Waals surface area (Å²) in [6, 6.07) is 5.85. The largest absolute Gasteiger partial charge is 0.494 e. The minimum absolute atomic E-state index is 0.0504. The molecule has 0 unspecified atom stereocenters. The van der Waals surface area contributed by atoms with Crippen LogP contribution in [0.15, 0.2) is 36.4 Å². The lowest BCUT2D eigenvalue weighted by Gasteiger charge is -2.31. The second kappa shape index (κ2) is 23.4. The van der Waals surface area contributed by atoms with Crippen molar-refractivity contribution in [2.45, 2.75) is 154 Å². The van der Waals surface area contributed by atoms with E-state index in [-0.39, 0.29) is 31.5 Å². The van der Waals surface area contributed by atoms with Crippen molar-refractivity contribution in [3.8, 4) is 5.75 Å². The molecule has 0 radical (unpaired) electrons. The molecule has 0 fully saturated rings. The molecule has 0 heterocycles. The molecule has 1 aromatic carbocycles. The van der Waals surface area contributed by atoms with Gasteiger partial charge in [-0.15, -0.1) is 0 Å². The number of hydrogen-bond donors (Lipinski definition) is 3. The Labute approximate surface area is 283 Å². The van der Waals surface area contributed by atoms with Gasteiger partial charge in [0.1, 0.15) is 5.75 Å². The summed E-state index contributed by atoms with van der Waals surface area (Å²) < 4.78 is 60.8. The molecular formula is C37H57F4NO6. The van der Waals surface area contributed by atoms with Crippen molar-refractivity contribution >= 4 is 17.7 Å². The highest BCUT2D eigenvalue weighted by molar-refractivity contribution is 5.94. The Balaban J connectivity index is 2.89. The molecule has 1 rings (SSSR count). The number of aliphatic carboxylic acids is 1. The van der Waals surface area contributed by atoms with Gasteiger partial charge in [0, 0.05) is 25.7 Å². The van der Waals surface area contributed by atoms with Crippen molar-refractivity contribution in [3.63, 3.8) is 0 Å². The van der Waals surface area contributed by atoms with Gasteiger partial charge in [-0.3, -0.25) is 9.59 Å². The molecule has 0 aliphatic carbocycles. The van der Waals surface area contributed by atoms with Crippen molar-refractivity contribution in [2.24, 2.45) is 5.92 Å². The summed E-state index contributed by atoms with van der Waals surface area (Å²) in [6.45, 7) is 6.28. The molecular weight excluding hydrogens is 630 g/mol. The lowest BCUT2D eigenvalue weighted by atomic mass is 9.82. The van der Waals surface area contributed by atoms with Gasteiger partial charge in [0.15, 0.2) is 11.4 Å². The average Bonchev–Trinajstić information content (AvgIpc) is 3.03. The minimum atomic E-state index is -3.23. The Morgan fingerprint density at radius 1 is 0.875 bits per heavy atom. The molecule has 274 valence electrons. The van der Waals surface area contributed by atoms with Crippen molar-refractivity contribution in [3.05, 3.63) is 42.0 Å². The number of carbonyl (C=O) groups excluding carboxylic acids is 2. The van der Waals surface area contributed by atoms with Crippen LogP contribution >= 0.6 is 0 Å². The molecule has 7 nitrogen and oxygen atoms in total. The Hall–Kier alpha value is -2.95. The molecule has 0 saturated heterocycles. The van der Waals surface area contributed by atoms with Gasteiger partial charge < -0.3 is 20.3 Å². The second-order valence-electron chi connectivity index (χ2n) is 12.6. The first kappa shape index (κ1) is 43.1. The number of benzene rings is 1. The molecule has 3 N–H and O–H groups in total. The number of amides is 1. The normalized spacial score (nSPS) is 14.5. The van der Waals surface area contributed by atoms with E-state index < -0.39 is 48.2 Å². The van der Waals surface area contributed by atoms with E-state index in [9.17, 15) is 42.2 Å². The van der Waals surface area contributed by atoms with Gasteiger partial charge in [0.05, 0.1) is 18.6 Å². The molecule has 0 bridgehead atoms. The molecule has 0 spiro atoms. The molecule has 0 aliphatic heterocycles. The number of unbranched alkanes of at least 4 members (excludes halogenated alkanes) is 9. The third-order valence-electron chi connectivity index (χ3n) is 8.45. The quantitative estimate of drug-likeness (QED) is 0.0461. The van der Waals surface area contributed by atoms with Crippen LogP contribution in [0.25, 0.3) is 0 Å². The molecule has 0 aromatic heterocycles. The number of ketones is 1. The number of carboxylic acid groups (broad SMARTS) is 1. The number of Topliss-reactive ketones (excluding diaryl/α,β-unsaturated/α-hetero) is 1. The standard InChI is InChI=1S/C37H57F4NO6/c1-4-7-9-13-16-23-36(40,41)24-17-14-11-10-12-15-18-30(37(47,35(45)46)27-33(38)39)34(44)42-31(32(43)6-3)26-28-19-21-29(22-20-28)48-25-8-5-2/h15,18-22,30-31,33,47H,4-14,16-17,23-27H2,1-3H3,(H,42,44)(H,45,46)/b18-15+/t30-,31+,37+/m1/s1. The lowest BCUT2D eigenvalue weighted by molar-refractivity contribution is -0.171. The van der Waals surface area contributed by atoms with E-state index >= 15 is 0 Å². The van der Waals surface area contributed by atoms with Crippen LogP contribution in [-0.4, -0.2) is 58.5 Å². The monoisotopic (exact) mass is 687 g/mol. The van der Waals surface area contributed by atoms with E-state index in [1.54, 1.807) is 31.2 Å². The van der Waals surface area contributed by atoms with E-state index in [0.717, 1.165) is 44.6 Å². The Morgan fingerprint density at radius 3 is 2.00 bits per heavy atom. The van der Waals surface area contributed by atoms with Crippen LogP contribution < -0.4 is 10.1 Å². The maximum atomic E-state index is 14.1. The van der Waals surface area contributed by atoms with E-state index in [4.69, 9.17) is 4.74 Å². The van der Waals surface area contributed by atoms with Crippen LogP contribution in [0.3, 0.4) is 0 Å². The summed E-state index contributed by atoms with van der Waals surface area (Å²) in [6.07, 6.45) is 6.23. The van der Waals surface area contributed by atoms with Gasteiger partial charge in [0.2, 0.25) is 18.3 Å². The van der Waals surface area contributed by atoms with Crippen molar-refractivity contribution in [1.82, 2.24) is 5.32 Å². The number of carboxylic acids is 1. The molecule has 1 aromatic rings. The number of allylic oxidation sites excluding steroid dienone is 1. The number of rotatable bonds is 28. The second-order valence-corrected chi connectivity index (χ2v) is 12.6. The molecule has 3 atom stereocenters. The zero-order chi connectivity index (χ0) is 36.0. The van der Waals surface area contributed by atoms with Gasteiger partial charge in [-0.25, -0.2) is 22.4 Å². The first-order valence-electron chi connectivity index (χ1n) is 17.6. The Kier molecular flexibility index (Phi) is 21.0. The number of halogens is 4. The summed E-state index contributed by atoms with van der Waals surface area (Å²) in [5.41, 5.74) is -2.45. The van der Waals surface area contributed by atoms with Crippen LogP contribution in [0.4, 0.5) is 17.6 Å². The first-order chi connectivity index (χ1) is 22.8.